The summed E-state index contributed by atoms with van der Waals surface area (Å²) in [4.78, 5) is 0. The Morgan fingerprint density at radius 1 is 0.833 bits per heavy atom. The van der Waals surface area contributed by atoms with Gasteiger partial charge in [0.05, 0.1) is 0 Å². The summed E-state index contributed by atoms with van der Waals surface area (Å²) in [5.41, 5.74) is 0. The van der Waals surface area contributed by atoms with Gasteiger partial charge in [-0.05, 0) is 0 Å². The third-order valence-electron chi connectivity index (χ3n) is 0. The van der Waals surface area contributed by atoms with E-state index in [4.69, 9.17) is 0 Å². The summed E-state index contributed by atoms with van der Waals surface area (Å²) >= 11 is -7.18. The molecule has 0 heterocycles. The molecule has 0 saturated heterocycles. The molecule has 0 aliphatic heterocycles. The van der Waals surface area contributed by atoms with Gasteiger partial charge in [0.2, 0.25) is 0 Å². The summed E-state index contributed by atoms with van der Waals surface area (Å²) in [6.45, 7) is 0. The summed E-state index contributed by atoms with van der Waals surface area (Å²) in [7, 11) is 0. The summed E-state index contributed by atoms with van der Waals surface area (Å²) in [6, 6.07) is 0. The molecule has 0 aromatic rings. The van der Waals surface area contributed by atoms with Crippen molar-refractivity contribution < 1.29 is 33.8 Å². The van der Waals surface area contributed by atoms with E-state index in [9.17, 15) is 11.5 Å². The Kier molecular flexibility index (Phi) is 5.63. The number of rotatable bonds is 0. The van der Waals surface area contributed by atoms with E-state index in [1.807, 2.05) is 0 Å². The van der Waals surface area contributed by atoms with Crippen LogP contribution in [0.1, 0.15) is 0 Å². The average molecular weight is 392 g/mol. The molecule has 0 unspecified atom stereocenters. The molecule has 0 aliphatic rings. The van der Waals surface area contributed by atoms with E-state index >= 15 is 0 Å². The molecule has 0 amide bonds. The van der Waals surface area contributed by atoms with Crippen LogP contribution in [0.25, 0.3) is 0 Å². The molecule has 0 rings (SSSR count). The topological polar surface area (TPSA) is 0 Å². The fraction of sp³-hybridized carbons (Fsp3) is 0. The first kappa shape index (κ1) is 10.3. The monoisotopic (exact) mass is 393 g/mol. The molecule has 0 fully saturated rings. The van der Waals surface area contributed by atoms with Gasteiger partial charge in [-0.2, -0.15) is 0 Å². The molecule has 0 atom stereocenters. The Morgan fingerprint density at radius 2 is 0.833 bits per heavy atom. The first-order valence-corrected chi connectivity index (χ1v) is 5.07. The average Bonchev–Trinajstić information content (AvgIpc) is 0.722. The zero-order valence-electron chi connectivity index (χ0n) is 2.31. The van der Waals surface area contributed by atoms with E-state index in [1.54, 1.807) is 0 Å². The molecule has 0 aromatic carbocycles. The van der Waals surface area contributed by atoms with Crippen molar-refractivity contribution in [3.05, 3.63) is 0 Å². The van der Waals surface area contributed by atoms with Crippen LogP contribution in [0.3, 0.4) is 0 Å². The van der Waals surface area contributed by atoms with Crippen molar-refractivity contribution in [2.24, 2.45) is 0 Å². The van der Waals surface area contributed by atoms with Crippen LogP contribution >= 0.6 is 0 Å². The second-order valence-corrected chi connectivity index (χ2v) is 2.87. The minimum atomic E-state index is -7.18. The number of hydrogen-bond acceptors (Lipinski definition) is 0. The molecule has 6 heavy (non-hydrogen) atoms. The van der Waals surface area contributed by atoms with Crippen molar-refractivity contribution in [3.63, 3.8) is 0 Å². The first-order chi connectivity index (χ1) is 2.00. The van der Waals surface area contributed by atoms with Gasteiger partial charge in [0, 0.05) is 22.4 Å². The van der Waals surface area contributed by atoms with Crippen LogP contribution in [0.4, 0.5) is 11.5 Å². The molecule has 0 saturated carbocycles. The van der Waals surface area contributed by atoms with Crippen molar-refractivity contribution in [3.8, 4) is 0 Å². The summed E-state index contributed by atoms with van der Waals surface area (Å²) in [5, 5.41) is 0. The van der Waals surface area contributed by atoms with E-state index < -0.39 is 20.7 Å². The summed E-state index contributed by atoms with van der Waals surface area (Å²) in [6.07, 6.45) is 0. The minimum absolute atomic E-state index is 0. The van der Waals surface area contributed by atoms with Crippen LogP contribution in [0.5, 0.6) is 0 Å². The van der Waals surface area contributed by atoms with Gasteiger partial charge in [0.1, 0.15) is 0 Å². The first-order valence-electron chi connectivity index (χ1n) is 0.756. The van der Waals surface area contributed by atoms with Gasteiger partial charge in [-0.3, -0.25) is 0 Å². The Labute approximate surface area is 54.4 Å². The third kappa shape index (κ3) is 60.2. The van der Waals surface area contributed by atoms with E-state index in [-0.39, 0.29) is 22.4 Å². The Hall–Kier alpha value is 1.26. The Balaban J connectivity index is 0. The van der Waals surface area contributed by atoms with Crippen molar-refractivity contribution in [2.75, 3.05) is 0 Å². The molecule has 0 spiro atoms. The fourth-order valence-electron chi connectivity index (χ4n) is 0. The zero-order chi connectivity index (χ0) is 4.50. The van der Waals surface area contributed by atoms with Gasteiger partial charge in [0.25, 0.3) is 0 Å². The van der Waals surface area contributed by atoms with E-state index in [0.717, 1.165) is 0 Å². The molecule has 0 aromatic heterocycles. The normalized spacial score (nSPS) is 10.0. The second-order valence-electron chi connectivity index (χ2n) is 0.429. The molecular formula is AuF4Sn. The second kappa shape index (κ2) is 3.29. The standard InChI is InChI=1S/Au.4FH.Sn/h;4*1H;/q;;;;;+4/p-4. The van der Waals surface area contributed by atoms with Crippen molar-refractivity contribution >= 4 is 20.7 Å². The van der Waals surface area contributed by atoms with Gasteiger partial charge >= 0.3 is 32.1 Å². The molecule has 0 aliphatic carbocycles. The summed E-state index contributed by atoms with van der Waals surface area (Å²) < 4.78 is 39.6. The molecule has 0 N–H and O–H groups in total. The number of halogens is 4. The predicted molar refractivity (Wildman–Crippen MR) is 10.2 cm³/mol. The molecule has 1 radical (unpaired) electrons. The molecular weight excluding hydrogens is 392 g/mol. The molecule has 6 heteroatoms. The van der Waals surface area contributed by atoms with Gasteiger partial charge in [0.15, 0.2) is 0 Å². The summed E-state index contributed by atoms with van der Waals surface area (Å²) in [5.74, 6) is 0. The van der Waals surface area contributed by atoms with E-state index in [1.165, 1.54) is 0 Å². The van der Waals surface area contributed by atoms with Crippen LogP contribution in [-0.2, 0) is 22.4 Å². The Bertz CT molecular complexity index is 23.0. The van der Waals surface area contributed by atoms with Crippen LogP contribution in [0, 0.1) is 0 Å². The molecule has 0 bridgehead atoms. The SMILES string of the molecule is [Au].[F][Sn]([F])([F])[F]. The van der Waals surface area contributed by atoms with Gasteiger partial charge in [-0.25, -0.2) is 0 Å². The van der Waals surface area contributed by atoms with E-state index in [0.29, 0.717) is 0 Å². The molecule has 0 nitrogen and oxygen atoms in total. The van der Waals surface area contributed by atoms with Crippen LogP contribution < -0.4 is 0 Å². The van der Waals surface area contributed by atoms with Crippen LogP contribution in [0.15, 0.2) is 0 Å². The Morgan fingerprint density at radius 3 is 0.833 bits per heavy atom. The zero-order valence-corrected chi connectivity index (χ0v) is 7.33. The number of hydrogen-bond donors (Lipinski definition) is 0. The fourth-order valence-corrected chi connectivity index (χ4v) is 0. The van der Waals surface area contributed by atoms with Crippen molar-refractivity contribution in [2.45, 2.75) is 0 Å². The maximum absolute atomic E-state index is 9.90. The van der Waals surface area contributed by atoms with Crippen molar-refractivity contribution in [1.82, 2.24) is 0 Å². The van der Waals surface area contributed by atoms with Gasteiger partial charge in [-0.15, -0.1) is 0 Å². The predicted octanol–water partition coefficient (Wildman–Crippen LogP) is 1.30. The third-order valence-corrected chi connectivity index (χ3v) is 0. The van der Waals surface area contributed by atoms with Gasteiger partial charge in [-0.1, -0.05) is 0 Å². The van der Waals surface area contributed by atoms with Crippen LogP contribution in [0.2, 0.25) is 0 Å². The van der Waals surface area contributed by atoms with E-state index in [2.05, 4.69) is 0 Å². The molecule has 43 valence electrons. The maximum atomic E-state index is 9.90. The van der Waals surface area contributed by atoms with Crippen molar-refractivity contribution in [1.29, 1.82) is 0 Å². The van der Waals surface area contributed by atoms with Gasteiger partial charge < -0.3 is 0 Å². The van der Waals surface area contributed by atoms with Crippen LogP contribution in [-0.4, -0.2) is 20.7 Å². The quantitative estimate of drug-likeness (QED) is 0.431.